The van der Waals surface area contributed by atoms with E-state index in [9.17, 15) is 0 Å². The quantitative estimate of drug-likeness (QED) is 0.720. The molecule has 104 valence electrons. The van der Waals surface area contributed by atoms with Gasteiger partial charge in [0.1, 0.15) is 0 Å². The average Bonchev–Trinajstić information content (AvgIpc) is 2.41. The molecule has 0 saturated heterocycles. The van der Waals surface area contributed by atoms with E-state index in [1.165, 1.54) is 0 Å². The molecule has 1 aromatic heterocycles. The summed E-state index contributed by atoms with van der Waals surface area (Å²) in [5, 5.41) is 8.78. The van der Waals surface area contributed by atoms with Crippen molar-refractivity contribution in [2.45, 2.75) is 33.6 Å². The van der Waals surface area contributed by atoms with Crippen molar-refractivity contribution in [3.05, 3.63) is 18.3 Å². The predicted molar refractivity (Wildman–Crippen MR) is 77.3 cm³/mol. The van der Waals surface area contributed by atoms with Crippen molar-refractivity contribution in [3.63, 3.8) is 0 Å². The molecular formula is C15H23N3O. The van der Waals surface area contributed by atoms with Crippen LogP contribution in [0.2, 0.25) is 0 Å². The summed E-state index contributed by atoms with van der Waals surface area (Å²) in [6, 6.07) is 6.02. The molecule has 4 heteroatoms. The van der Waals surface area contributed by atoms with Gasteiger partial charge in [0.05, 0.1) is 19.1 Å². The zero-order valence-corrected chi connectivity index (χ0v) is 12.1. The third-order valence-electron chi connectivity index (χ3n) is 2.59. The van der Waals surface area contributed by atoms with Crippen LogP contribution in [0.1, 0.15) is 33.6 Å². The highest BCUT2D eigenvalue weighted by atomic mass is 16.5. The zero-order chi connectivity index (χ0) is 14.1. The number of anilines is 1. The minimum Gasteiger partial charge on any atom is -0.490 e. The van der Waals surface area contributed by atoms with Crippen molar-refractivity contribution in [1.82, 2.24) is 4.98 Å². The van der Waals surface area contributed by atoms with Gasteiger partial charge in [0.2, 0.25) is 0 Å². The second-order valence-electron chi connectivity index (χ2n) is 4.92. The van der Waals surface area contributed by atoms with E-state index in [0.29, 0.717) is 25.5 Å². The molecule has 19 heavy (non-hydrogen) atoms. The maximum absolute atomic E-state index is 8.78. The lowest BCUT2D eigenvalue weighted by Crippen LogP contribution is -2.29. The lowest BCUT2D eigenvalue weighted by molar-refractivity contribution is 0.316. The van der Waals surface area contributed by atoms with Crippen LogP contribution in [-0.4, -0.2) is 24.7 Å². The first-order valence-corrected chi connectivity index (χ1v) is 6.88. The highest BCUT2D eigenvalue weighted by Crippen LogP contribution is 2.26. The predicted octanol–water partition coefficient (Wildman–Crippen LogP) is 3.25. The Morgan fingerprint density at radius 3 is 2.89 bits per heavy atom. The standard InChI is InChI=1S/C15H23N3O/c1-4-11-19-14-7-5-9-17-15(14)18(10-6-8-16)12-13(2)3/h5,7,9,13H,4,6,10-12H2,1-3H3. The van der Waals surface area contributed by atoms with E-state index in [1.54, 1.807) is 6.20 Å². The summed E-state index contributed by atoms with van der Waals surface area (Å²) in [6.07, 6.45) is 3.24. The molecule has 0 aromatic carbocycles. The molecule has 4 nitrogen and oxygen atoms in total. The van der Waals surface area contributed by atoms with Crippen LogP contribution in [0.4, 0.5) is 5.82 Å². The highest BCUT2D eigenvalue weighted by Gasteiger charge is 2.14. The van der Waals surface area contributed by atoms with Crippen LogP contribution in [0, 0.1) is 17.2 Å². The fourth-order valence-electron chi connectivity index (χ4n) is 1.85. The van der Waals surface area contributed by atoms with E-state index in [2.05, 4.69) is 36.7 Å². The summed E-state index contributed by atoms with van der Waals surface area (Å²) in [6.45, 7) is 8.66. The van der Waals surface area contributed by atoms with Gasteiger partial charge in [-0.2, -0.15) is 5.26 Å². The Balaban J connectivity index is 2.89. The molecule has 0 spiro atoms. The average molecular weight is 261 g/mol. The molecule has 0 radical (unpaired) electrons. The maximum Gasteiger partial charge on any atom is 0.171 e. The van der Waals surface area contributed by atoms with Gasteiger partial charge in [0.15, 0.2) is 11.6 Å². The number of aromatic nitrogens is 1. The van der Waals surface area contributed by atoms with Crippen molar-refractivity contribution in [2.75, 3.05) is 24.6 Å². The fourth-order valence-corrected chi connectivity index (χ4v) is 1.85. The molecular weight excluding hydrogens is 238 g/mol. The first-order valence-electron chi connectivity index (χ1n) is 6.88. The summed E-state index contributed by atoms with van der Waals surface area (Å²) >= 11 is 0. The first-order chi connectivity index (χ1) is 9.19. The van der Waals surface area contributed by atoms with E-state index >= 15 is 0 Å². The molecule has 0 unspecified atom stereocenters. The van der Waals surface area contributed by atoms with Crippen LogP contribution >= 0.6 is 0 Å². The molecule has 1 heterocycles. The van der Waals surface area contributed by atoms with Gasteiger partial charge in [-0.1, -0.05) is 20.8 Å². The van der Waals surface area contributed by atoms with Crippen LogP contribution in [-0.2, 0) is 0 Å². The molecule has 0 bridgehead atoms. The Hall–Kier alpha value is -1.76. The van der Waals surface area contributed by atoms with Crippen molar-refractivity contribution < 1.29 is 4.74 Å². The zero-order valence-electron chi connectivity index (χ0n) is 12.1. The topological polar surface area (TPSA) is 49.1 Å². The second-order valence-corrected chi connectivity index (χ2v) is 4.92. The van der Waals surface area contributed by atoms with Crippen molar-refractivity contribution in [3.8, 4) is 11.8 Å². The minimum absolute atomic E-state index is 0.497. The third kappa shape index (κ3) is 5.17. The minimum atomic E-state index is 0.497. The maximum atomic E-state index is 8.78. The Labute approximate surface area is 116 Å². The molecule has 0 aliphatic rings. The molecule has 0 atom stereocenters. The van der Waals surface area contributed by atoms with Crippen LogP contribution < -0.4 is 9.64 Å². The van der Waals surface area contributed by atoms with Crippen LogP contribution in [0.25, 0.3) is 0 Å². The number of pyridine rings is 1. The van der Waals surface area contributed by atoms with Crippen LogP contribution in [0.3, 0.4) is 0 Å². The van der Waals surface area contributed by atoms with Gasteiger partial charge in [0, 0.05) is 19.3 Å². The summed E-state index contributed by atoms with van der Waals surface area (Å²) in [4.78, 5) is 6.57. The molecule has 0 fully saturated rings. The van der Waals surface area contributed by atoms with Gasteiger partial charge in [-0.3, -0.25) is 0 Å². The summed E-state index contributed by atoms with van der Waals surface area (Å²) < 4.78 is 5.74. The van der Waals surface area contributed by atoms with Crippen LogP contribution in [0.15, 0.2) is 18.3 Å². The van der Waals surface area contributed by atoms with Crippen molar-refractivity contribution >= 4 is 5.82 Å². The Morgan fingerprint density at radius 1 is 1.47 bits per heavy atom. The van der Waals surface area contributed by atoms with Crippen molar-refractivity contribution in [2.24, 2.45) is 5.92 Å². The monoisotopic (exact) mass is 261 g/mol. The normalized spacial score (nSPS) is 10.3. The smallest absolute Gasteiger partial charge is 0.171 e. The van der Waals surface area contributed by atoms with Gasteiger partial charge >= 0.3 is 0 Å². The SMILES string of the molecule is CCCOc1cccnc1N(CCC#N)CC(C)C. The number of ether oxygens (including phenoxy) is 1. The van der Waals surface area contributed by atoms with Gasteiger partial charge in [0.25, 0.3) is 0 Å². The molecule has 0 amide bonds. The molecule has 1 aromatic rings. The number of rotatable bonds is 8. The summed E-state index contributed by atoms with van der Waals surface area (Å²) in [5.74, 6) is 2.17. The number of hydrogen-bond acceptors (Lipinski definition) is 4. The lowest BCUT2D eigenvalue weighted by atomic mass is 10.2. The summed E-state index contributed by atoms with van der Waals surface area (Å²) in [7, 11) is 0. The number of nitrogens with zero attached hydrogens (tertiary/aromatic N) is 3. The van der Waals surface area contributed by atoms with E-state index in [0.717, 1.165) is 24.5 Å². The Morgan fingerprint density at radius 2 is 2.26 bits per heavy atom. The van der Waals surface area contributed by atoms with E-state index in [-0.39, 0.29) is 0 Å². The van der Waals surface area contributed by atoms with Gasteiger partial charge in [-0.25, -0.2) is 4.98 Å². The fraction of sp³-hybridized carbons (Fsp3) is 0.600. The Bertz CT molecular complexity index is 412. The second kappa shape index (κ2) is 8.36. The van der Waals surface area contributed by atoms with E-state index < -0.39 is 0 Å². The van der Waals surface area contributed by atoms with Gasteiger partial charge in [-0.05, 0) is 24.5 Å². The van der Waals surface area contributed by atoms with Crippen LogP contribution in [0.5, 0.6) is 5.75 Å². The molecule has 1 rings (SSSR count). The largest absolute Gasteiger partial charge is 0.490 e. The van der Waals surface area contributed by atoms with E-state index in [1.807, 2.05) is 12.1 Å². The molecule has 0 saturated carbocycles. The van der Waals surface area contributed by atoms with Gasteiger partial charge in [-0.15, -0.1) is 0 Å². The lowest BCUT2D eigenvalue weighted by Gasteiger charge is -2.26. The number of hydrogen-bond donors (Lipinski definition) is 0. The Kier molecular flexibility index (Phi) is 6.73. The molecule has 0 aliphatic heterocycles. The van der Waals surface area contributed by atoms with Crippen molar-refractivity contribution in [1.29, 1.82) is 5.26 Å². The number of nitriles is 1. The summed E-state index contributed by atoms with van der Waals surface area (Å²) in [5.41, 5.74) is 0. The van der Waals surface area contributed by atoms with E-state index in [4.69, 9.17) is 10.00 Å². The highest BCUT2D eigenvalue weighted by molar-refractivity contribution is 5.52. The first kappa shape index (κ1) is 15.3. The van der Waals surface area contributed by atoms with Gasteiger partial charge < -0.3 is 9.64 Å². The third-order valence-corrected chi connectivity index (χ3v) is 2.59. The molecule has 0 N–H and O–H groups in total. The molecule has 0 aliphatic carbocycles.